The van der Waals surface area contributed by atoms with Crippen LogP contribution < -0.4 is 10.2 Å². The van der Waals surface area contributed by atoms with E-state index in [1.807, 2.05) is 18.2 Å². The van der Waals surface area contributed by atoms with Crippen molar-refractivity contribution in [1.29, 1.82) is 0 Å². The first kappa shape index (κ1) is 20.6. The van der Waals surface area contributed by atoms with Crippen LogP contribution >= 0.6 is 11.6 Å². The third-order valence-corrected chi connectivity index (χ3v) is 7.13. The fourth-order valence-corrected chi connectivity index (χ4v) is 4.64. The SMILES string of the molecule is CN(C)S(=O)(=O)c1cc(C(=O)NCc2ccccc2N2CCCC2)ccc1Cl. The summed E-state index contributed by atoms with van der Waals surface area (Å²) < 4.78 is 25.9. The number of hydrogen-bond acceptors (Lipinski definition) is 4. The lowest BCUT2D eigenvalue weighted by atomic mass is 10.1. The highest BCUT2D eigenvalue weighted by atomic mass is 35.5. The zero-order chi connectivity index (χ0) is 20.3. The molecule has 0 atom stereocenters. The molecule has 0 spiro atoms. The van der Waals surface area contributed by atoms with E-state index in [1.165, 1.54) is 45.1 Å². The smallest absolute Gasteiger partial charge is 0.251 e. The van der Waals surface area contributed by atoms with Gasteiger partial charge in [0.2, 0.25) is 10.0 Å². The lowest BCUT2D eigenvalue weighted by molar-refractivity contribution is 0.0950. The number of halogens is 1. The molecule has 6 nitrogen and oxygen atoms in total. The molecule has 2 aromatic carbocycles. The van der Waals surface area contributed by atoms with E-state index < -0.39 is 10.0 Å². The predicted molar refractivity (Wildman–Crippen MR) is 111 cm³/mol. The number of sulfonamides is 1. The van der Waals surface area contributed by atoms with Gasteiger partial charge in [0.25, 0.3) is 5.91 Å². The number of nitrogens with one attached hydrogen (secondary N) is 1. The second-order valence-electron chi connectivity index (χ2n) is 6.94. The monoisotopic (exact) mass is 421 g/mol. The maximum atomic E-state index is 12.6. The van der Waals surface area contributed by atoms with Gasteiger partial charge in [0, 0.05) is 45.0 Å². The quantitative estimate of drug-likeness (QED) is 0.778. The second-order valence-corrected chi connectivity index (χ2v) is 9.47. The molecule has 0 saturated carbocycles. The molecule has 8 heteroatoms. The van der Waals surface area contributed by atoms with E-state index in [0.717, 1.165) is 28.6 Å². The average molecular weight is 422 g/mol. The standard InChI is InChI=1S/C20H24ClN3O3S/c1-23(2)28(26,27)19-13-15(9-10-17(19)21)20(25)22-14-16-7-3-4-8-18(16)24-11-5-6-12-24/h3-4,7-10,13H,5-6,11-12,14H2,1-2H3,(H,22,25). The molecule has 0 aromatic heterocycles. The molecule has 1 aliphatic rings. The van der Waals surface area contributed by atoms with Crippen LogP contribution in [0, 0.1) is 0 Å². The van der Waals surface area contributed by atoms with E-state index in [0.29, 0.717) is 6.54 Å². The summed E-state index contributed by atoms with van der Waals surface area (Å²) in [6.07, 6.45) is 2.35. The Bertz CT molecular complexity index is 970. The molecule has 1 saturated heterocycles. The van der Waals surface area contributed by atoms with Crippen LogP contribution in [0.4, 0.5) is 5.69 Å². The van der Waals surface area contributed by atoms with Crippen molar-refractivity contribution in [1.82, 2.24) is 9.62 Å². The van der Waals surface area contributed by atoms with Crippen molar-refractivity contribution >= 4 is 33.2 Å². The Morgan fingerprint density at radius 2 is 1.82 bits per heavy atom. The zero-order valence-electron chi connectivity index (χ0n) is 16.0. The fourth-order valence-electron chi connectivity index (χ4n) is 3.24. The largest absolute Gasteiger partial charge is 0.371 e. The van der Waals surface area contributed by atoms with Crippen LogP contribution in [-0.2, 0) is 16.6 Å². The average Bonchev–Trinajstić information content (AvgIpc) is 3.21. The molecule has 1 heterocycles. The molecule has 0 unspecified atom stereocenters. The Hall–Kier alpha value is -2.09. The van der Waals surface area contributed by atoms with Crippen molar-refractivity contribution < 1.29 is 13.2 Å². The van der Waals surface area contributed by atoms with Crippen LogP contribution in [0.15, 0.2) is 47.4 Å². The lowest BCUT2D eigenvalue weighted by Crippen LogP contribution is -2.26. The third kappa shape index (κ3) is 4.32. The number of hydrogen-bond donors (Lipinski definition) is 1. The number of anilines is 1. The van der Waals surface area contributed by atoms with E-state index in [1.54, 1.807) is 0 Å². The van der Waals surface area contributed by atoms with Gasteiger partial charge in [-0.1, -0.05) is 29.8 Å². The summed E-state index contributed by atoms with van der Waals surface area (Å²) in [5.41, 5.74) is 2.42. The first-order valence-corrected chi connectivity index (χ1v) is 11.0. The number of amides is 1. The maximum Gasteiger partial charge on any atom is 0.251 e. The van der Waals surface area contributed by atoms with Crippen molar-refractivity contribution in [2.24, 2.45) is 0 Å². The summed E-state index contributed by atoms with van der Waals surface area (Å²) >= 11 is 6.05. The number of para-hydroxylation sites is 1. The Morgan fingerprint density at radius 1 is 1.14 bits per heavy atom. The highest BCUT2D eigenvalue weighted by Gasteiger charge is 2.22. The number of benzene rings is 2. The maximum absolute atomic E-state index is 12.6. The van der Waals surface area contributed by atoms with Crippen molar-refractivity contribution in [3.05, 3.63) is 58.6 Å². The molecular formula is C20H24ClN3O3S. The summed E-state index contributed by atoms with van der Waals surface area (Å²) in [5.74, 6) is -0.344. The van der Waals surface area contributed by atoms with Gasteiger partial charge in [-0.15, -0.1) is 0 Å². The van der Waals surface area contributed by atoms with Gasteiger partial charge in [0.15, 0.2) is 0 Å². The van der Waals surface area contributed by atoms with Gasteiger partial charge in [-0.05, 0) is 42.7 Å². The molecule has 0 aliphatic carbocycles. The molecule has 1 amide bonds. The molecule has 1 fully saturated rings. The normalized spacial score (nSPS) is 14.5. The molecule has 3 rings (SSSR count). The number of carbonyl (C=O) groups excluding carboxylic acids is 1. The van der Waals surface area contributed by atoms with Gasteiger partial charge in [0.1, 0.15) is 4.90 Å². The minimum atomic E-state index is -3.73. The Balaban J connectivity index is 1.78. The second kappa shape index (κ2) is 8.51. The summed E-state index contributed by atoms with van der Waals surface area (Å²) in [6, 6.07) is 12.3. The minimum absolute atomic E-state index is 0.0794. The summed E-state index contributed by atoms with van der Waals surface area (Å²) in [7, 11) is -0.885. The van der Waals surface area contributed by atoms with Crippen molar-refractivity contribution in [3.63, 3.8) is 0 Å². The fraction of sp³-hybridized carbons (Fsp3) is 0.350. The zero-order valence-corrected chi connectivity index (χ0v) is 17.6. The predicted octanol–water partition coefficient (Wildman–Crippen LogP) is 3.12. The first-order valence-electron chi connectivity index (χ1n) is 9.14. The van der Waals surface area contributed by atoms with Gasteiger partial charge in [0.05, 0.1) is 5.02 Å². The summed E-state index contributed by atoms with van der Waals surface area (Å²) in [4.78, 5) is 14.9. The molecule has 150 valence electrons. The molecule has 0 bridgehead atoms. The van der Waals surface area contributed by atoms with Gasteiger partial charge in [-0.2, -0.15) is 0 Å². The molecular weight excluding hydrogens is 398 g/mol. The van der Waals surface area contributed by atoms with Gasteiger partial charge in [-0.3, -0.25) is 4.79 Å². The molecule has 2 aromatic rings. The molecule has 28 heavy (non-hydrogen) atoms. The Kier molecular flexibility index (Phi) is 6.27. The highest BCUT2D eigenvalue weighted by Crippen LogP contribution is 2.26. The number of carbonyl (C=O) groups is 1. The van der Waals surface area contributed by atoms with Gasteiger partial charge < -0.3 is 10.2 Å². The Labute approximate surface area is 171 Å². The molecule has 1 aliphatic heterocycles. The Morgan fingerprint density at radius 3 is 2.50 bits per heavy atom. The van der Waals surface area contributed by atoms with Crippen molar-refractivity contribution in [2.45, 2.75) is 24.3 Å². The summed E-state index contributed by atoms with van der Waals surface area (Å²) in [6.45, 7) is 2.41. The number of rotatable bonds is 6. The van der Waals surface area contributed by atoms with E-state index in [2.05, 4.69) is 16.3 Å². The van der Waals surface area contributed by atoms with Crippen LogP contribution in [0.25, 0.3) is 0 Å². The highest BCUT2D eigenvalue weighted by molar-refractivity contribution is 7.89. The van der Waals surface area contributed by atoms with Crippen molar-refractivity contribution in [2.75, 3.05) is 32.1 Å². The van der Waals surface area contributed by atoms with E-state index in [-0.39, 0.29) is 21.4 Å². The van der Waals surface area contributed by atoms with Crippen LogP contribution in [-0.4, -0.2) is 45.8 Å². The van der Waals surface area contributed by atoms with Gasteiger partial charge >= 0.3 is 0 Å². The third-order valence-electron chi connectivity index (χ3n) is 4.83. The van der Waals surface area contributed by atoms with E-state index in [9.17, 15) is 13.2 Å². The minimum Gasteiger partial charge on any atom is -0.371 e. The molecule has 1 N–H and O–H groups in total. The number of nitrogens with zero attached hydrogens (tertiary/aromatic N) is 2. The van der Waals surface area contributed by atoms with Gasteiger partial charge in [-0.25, -0.2) is 12.7 Å². The van der Waals surface area contributed by atoms with Crippen LogP contribution in [0.2, 0.25) is 5.02 Å². The van der Waals surface area contributed by atoms with E-state index >= 15 is 0 Å². The van der Waals surface area contributed by atoms with Crippen LogP contribution in [0.3, 0.4) is 0 Å². The van der Waals surface area contributed by atoms with Crippen molar-refractivity contribution in [3.8, 4) is 0 Å². The van der Waals surface area contributed by atoms with Crippen LogP contribution in [0.1, 0.15) is 28.8 Å². The lowest BCUT2D eigenvalue weighted by Gasteiger charge is -2.21. The van der Waals surface area contributed by atoms with E-state index in [4.69, 9.17) is 11.6 Å². The topological polar surface area (TPSA) is 69.7 Å². The first-order chi connectivity index (χ1) is 13.3. The molecule has 0 radical (unpaired) electrons. The summed E-state index contributed by atoms with van der Waals surface area (Å²) in [5, 5.41) is 2.98. The van der Waals surface area contributed by atoms with Crippen LogP contribution in [0.5, 0.6) is 0 Å².